The van der Waals surface area contributed by atoms with Crippen molar-refractivity contribution in [3.63, 3.8) is 0 Å². The third-order valence-electron chi connectivity index (χ3n) is 2.88. The maximum atomic E-state index is 11.4. The lowest BCUT2D eigenvalue weighted by molar-refractivity contribution is -0.178. The molecule has 1 aliphatic rings. The minimum Gasteiger partial charge on any atom is -0.463 e. The minimum absolute atomic E-state index is 0.407. The number of hydroxylamine groups is 2. The number of rotatable bonds is 8. The smallest absolute Gasteiger partial charge is 0.349 e. The number of hydrogen-bond acceptors (Lipinski definition) is 5. The Kier molecular flexibility index (Phi) is 7.89. The van der Waals surface area contributed by atoms with Crippen molar-refractivity contribution in [2.75, 3.05) is 19.7 Å². The largest absolute Gasteiger partial charge is 0.463 e. The van der Waals surface area contributed by atoms with Crippen molar-refractivity contribution < 1.29 is 19.2 Å². The van der Waals surface area contributed by atoms with Gasteiger partial charge in [0, 0.05) is 25.2 Å². The Bertz CT molecular complexity index is 309. The van der Waals surface area contributed by atoms with Crippen LogP contribution in [0.5, 0.6) is 0 Å². The van der Waals surface area contributed by atoms with Crippen LogP contribution >= 0.6 is 0 Å². The molecule has 0 radical (unpaired) electrons. The normalized spacial score (nSPS) is 15.8. The monoisotopic (exact) mass is 269 g/mol. The van der Waals surface area contributed by atoms with E-state index >= 15 is 0 Å². The highest BCUT2D eigenvalue weighted by atomic mass is 16.7. The van der Waals surface area contributed by atoms with Crippen molar-refractivity contribution in [1.29, 1.82) is 0 Å². The van der Waals surface area contributed by atoms with Gasteiger partial charge in [-0.3, -0.25) is 0 Å². The van der Waals surface area contributed by atoms with Gasteiger partial charge < -0.3 is 9.57 Å². The second-order valence-corrected chi connectivity index (χ2v) is 4.61. The van der Waals surface area contributed by atoms with Crippen molar-refractivity contribution in [1.82, 2.24) is 5.06 Å². The fourth-order valence-electron chi connectivity index (χ4n) is 1.82. The molecule has 1 heterocycles. The number of carbonyl (C=O) groups is 2. The molecule has 5 nitrogen and oxygen atoms in total. The van der Waals surface area contributed by atoms with E-state index < -0.39 is 11.9 Å². The SMILES string of the molecule is CCCCCCOC(=O)/C=C\C(=O)ON1CCCC1. The van der Waals surface area contributed by atoms with Crippen molar-refractivity contribution in [2.24, 2.45) is 0 Å². The standard InChI is InChI=1S/C14H23NO4/c1-2-3-4-7-12-18-13(16)8-9-14(17)19-15-10-5-6-11-15/h8-9H,2-7,10-12H2,1H3/b9-8-. The van der Waals surface area contributed by atoms with Crippen LogP contribution in [0.1, 0.15) is 45.4 Å². The number of nitrogens with zero attached hydrogens (tertiary/aromatic N) is 1. The molecule has 1 rings (SSSR count). The van der Waals surface area contributed by atoms with Crippen LogP contribution in [-0.2, 0) is 19.2 Å². The van der Waals surface area contributed by atoms with E-state index in [0.29, 0.717) is 6.61 Å². The Hall–Kier alpha value is -1.36. The van der Waals surface area contributed by atoms with Gasteiger partial charge in [0.2, 0.25) is 0 Å². The third-order valence-corrected chi connectivity index (χ3v) is 2.88. The summed E-state index contributed by atoms with van der Waals surface area (Å²) in [6, 6.07) is 0. The first kappa shape index (κ1) is 15.7. The molecule has 1 saturated heterocycles. The second-order valence-electron chi connectivity index (χ2n) is 4.61. The predicted molar refractivity (Wildman–Crippen MR) is 71.1 cm³/mol. The van der Waals surface area contributed by atoms with E-state index in [1.807, 2.05) is 0 Å². The fraction of sp³-hybridized carbons (Fsp3) is 0.714. The van der Waals surface area contributed by atoms with Crippen LogP contribution in [0, 0.1) is 0 Å². The fourth-order valence-corrected chi connectivity index (χ4v) is 1.82. The molecule has 0 atom stereocenters. The van der Waals surface area contributed by atoms with Crippen LogP contribution in [0.4, 0.5) is 0 Å². The number of carbonyl (C=O) groups excluding carboxylic acids is 2. The van der Waals surface area contributed by atoms with E-state index in [1.165, 1.54) is 0 Å². The lowest BCUT2D eigenvalue weighted by Gasteiger charge is -2.11. The molecule has 0 aromatic rings. The van der Waals surface area contributed by atoms with Crippen LogP contribution < -0.4 is 0 Å². The lowest BCUT2D eigenvalue weighted by atomic mass is 10.2. The van der Waals surface area contributed by atoms with E-state index in [-0.39, 0.29) is 0 Å². The van der Waals surface area contributed by atoms with Gasteiger partial charge in [-0.15, -0.1) is 5.06 Å². The second kappa shape index (κ2) is 9.55. The minimum atomic E-state index is -0.523. The van der Waals surface area contributed by atoms with Gasteiger partial charge in [0.1, 0.15) is 0 Å². The summed E-state index contributed by atoms with van der Waals surface area (Å²) in [5, 5.41) is 1.61. The van der Waals surface area contributed by atoms with Crippen LogP contribution in [0.3, 0.4) is 0 Å². The lowest BCUT2D eigenvalue weighted by Crippen LogP contribution is -2.23. The summed E-state index contributed by atoms with van der Waals surface area (Å²) < 4.78 is 4.96. The number of ether oxygens (including phenoxy) is 1. The van der Waals surface area contributed by atoms with Crippen LogP contribution in [0.2, 0.25) is 0 Å². The summed E-state index contributed by atoms with van der Waals surface area (Å²) in [4.78, 5) is 27.7. The van der Waals surface area contributed by atoms with Gasteiger partial charge in [0.25, 0.3) is 0 Å². The molecule has 1 aliphatic heterocycles. The molecular weight excluding hydrogens is 246 g/mol. The molecule has 0 unspecified atom stereocenters. The highest BCUT2D eigenvalue weighted by molar-refractivity contribution is 5.91. The first-order valence-electron chi connectivity index (χ1n) is 7.04. The van der Waals surface area contributed by atoms with Crippen molar-refractivity contribution in [2.45, 2.75) is 45.4 Å². The summed E-state index contributed by atoms with van der Waals surface area (Å²) in [6.07, 6.45) is 8.54. The molecule has 0 aromatic heterocycles. The Labute approximate surface area is 114 Å². The van der Waals surface area contributed by atoms with Crippen LogP contribution in [-0.4, -0.2) is 36.7 Å². The summed E-state index contributed by atoms with van der Waals surface area (Å²) in [7, 11) is 0. The molecule has 0 bridgehead atoms. The topological polar surface area (TPSA) is 55.8 Å². The number of hydrogen-bond donors (Lipinski definition) is 0. The van der Waals surface area contributed by atoms with Gasteiger partial charge in [-0.2, -0.15) is 0 Å². The maximum Gasteiger partial charge on any atom is 0.349 e. The Morgan fingerprint density at radius 3 is 2.42 bits per heavy atom. The predicted octanol–water partition coefficient (Wildman–Crippen LogP) is 2.22. The molecule has 108 valence electrons. The molecule has 0 aliphatic carbocycles. The average molecular weight is 269 g/mol. The van der Waals surface area contributed by atoms with E-state index in [0.717, 1.165) is 63.8 Å². The number of esters is 1. The van der Waals surface area contributed by atoms with Gasteiger partial charge in [-0.25, -0.2) is 9.59 Å². The van der Waals surface area contributed by atoms with E-state index in [4.69, 9.17) is 9.57 Å². The van der Waals surface area contributed by atoms with Gasteiger partial charge in [0.05, 0.1) is 6.61 Å². The summed E-state index contributed by atoms with van der Waals surface area (Å²) in [5.74, 6) is -1.01. The Morgan fingerprint density at radius 2 is 1.74 bits per heavy atom. The molecule has 0 amide bonds. The van der Waals surface area contributed by atoms with Crippen molar-refractivity contribution in [3.05, 3.63) is 12.2 Å². The molecule has 0 aromatic carbocycles. The quantitative estimate of drug-likeness (QED) is 0.384. The van der Waals surface area contributed by atoms with Crippen molar-refractivity contribution in [3.8, 4) is 0 Å². The summed E-state index contributed by atoms with van der Waals surface area (Å²) in [6.45, 7) is 4.06. The zero-order chi connectivity index (χ0) is 13.9. The third kappa shape index (κ3) is 7.62. The number of unbranched alkanes of at least 4 members (excludes halogenated alkanes) is 3. The van der Waals surface area contributed by atoms with Crippen molar-refractivity contribution >= 4 is 11.9 Å². The first-order valence-corrected chi connectivity index (χ1v) is 7.04. The Balaban J connectivity index is 2.09. The highest BCUT2D eigenvalue weighted by Crippen LogP contribution is 2.07. The van der Waals surface area contributed by atoms with E-state index in [2.05, 4.69) is 6.92 Å². The summed E-state index contributed by atoms with van der Waals surface area (Å²) in [5.41, 5.74) is 0. The van der Waals surface area contributed by atoms with Crippen LogP contribution in [0.25, 0.3) is 0 Å². The van der Waals surface area contributed by atoms with E-state index in [1.54, 1.807) is 5.06 Å². The zero-order valence-corrected chi connectivity index (χ0v) is 11.6. The van der Waals surface area contributed by atoms with E-state index in [9.17, 15) is 9.59 Å². The Morgan fingerprint density at radius 1 is 1.05 bits per heavy atom. The van der Waals surface area contributed by atoms with Gasteiger partial charge in [0.15, 0.2) is 0 Å². The zero-order valence-electron chi connectivity index (χ0n) is 11.6. The molecule has 1 fully saturated rings. The molecule has 0 N–H and O–H groups in total. The molecule has 19 heavy (non-hydrogen) atoms. The molecular formula is C14H23NO4. The van der Waals surface area contributed by atoms with Gasteiger partial charge in [-0.05, 0) is 19.3 Å². The van der Waals surface area contributed by atoms with Gasteiger partial charge >= 0.3 is 11.9 Å². The maximum absolute atomic E-state index is 11.4. The highest BCUT2D eigenvalue weighted by Gasteiger charge is 2.14. The summed E-state index contributed by atoms with van der Waals surface area (Å²) >= 11 is 0. The molecule has 5 heteroatoms. The first-order chi connectivity index (χ1) is 9.22. The van der Waals surface area contributed by atoms with Crippen LogP contribution in [0.15, 0.2) is 12.2 Å². The molecule has 0 spiro atoms. The average Bonchev–Trinajstić information content (AvgIpc) is 2.89. The molecule has 0 saturated carbocycles. The van der Waals surface area contributed by atoms with Gasteiger partial charge in [-0.1, -0.05) is 26.2 Å².